The number of anilines is 2. The van der Waals surface area contributed by atoms with Crippen molar-refractivity contribution >= 4 is 17.1 Å². The van der Waals surface area contributed by atoms with Crippen LogP contribution in [0.4, 0.5) is 11.4 Å². The van der Waals surface area contributed by atoms with Gasteiger partial charge in [-0.25, -0.2) is 0 Å². The van der Waals surface area contributed by atoms with Crippen molar-refractivity contribution in [2.45, 2.75) is 67.0 Å². The predicted molar refractivity (Wildman–Crippen MR) is 166 cm³/mol. The van der Waals surface area contributed by atoms with Crippen LogP contribution in [0.2, 0.25) is 0 Å². The molecule has 0 amide bonds. The Morgan fingerprint density at radius 2 is 1.10 bits per heavy atom. The summed E-state index contributed by atoms with van der Waals surface area (Å²) in [5, 5.41) is 0. The van der Waals surface area contributed by atoms with Crippen LogP contribution in [0.15, 0.2) is 84.6 Å². The number of rotatable bonds is 0. The van der Waals surface area contributed by atoms with Crippen LogP contribution in [0.25, 0.3) is 28.0 Å². The standard InChI is InChI=1S/C37H38N2/c1-22-20-21-31-33(24(22)3)39-25(4)38-32-23(2)14-13-19-29(32)27-16-10-9-15-26(27)28-17-11-12-18-30(28)34(38)35(39)37(7,8)36(31,5)6/h9-21,25H,1-8H3/t25-/m1/s1. The van der Waals surface area contributed by atoms with Gasteiger partial charge >= 0.3 is 0 Å². The molecular formula is C37H38N2. The molecule has 3 aliphatic rings. The average molecular weight is 511 g/mol. The number of aryl methyl sites for hydroxylation is 2. The molecule has 0 aliphatic carbocycles. The minimum absolute atomic E-state index is 0.0564. The molecule has 0 aromatic heterocycles. The first-order chi connectivity index (χ1) is 18.6. The molecule has 7 rings (SSSR count). The summed E-state index contributed by atoms with van der Waals surface area (Å²) in [4.78, 5) is 5.37. The number of para-hydroxylation sites is 1. The third-order valence-corrected chi connectivity index (χ3v) is 10.4. The van der Waals surface area contributed by atoms with Crippen molar-refractivity contribution in [1.82, 2.24) is 0 Å². The van der Waals surface area contributed by atoms with Crippen LogP contribution in [0.5, 0.6) is 0 Å². The maximum absolute atomic E-state index is 2.70. The van der Waals surface area contributed by atoms with Crippen molar-refractivity contribution in [3.8, 4) is 22.3 Å². The summed E-state index contributed by atoms with van der Waals surface area (Å²) in [6.07, 6.45) is 0.128. The van der Waals surface area contributed by atoms with Gasteiger partial charge in [-0.2, -0.15) is 0 Å². The Hall–Kier alpha value is -3.78. The zero-order chi connectivity index (χ0) is 27.4. The number of hydrogen-bond donors (Lipinski definition) is 0. The molecule has 0 radical (unpaired) electrons. The van der Waals surface area contributed by atoms with E-state index in [1.54, 1.807) is 0 Å². The van der Waals surface area contributed by atoms with E-state index in [0.29, 0.717) is 0 Å². The Morgan fingerprint density at radius 1 is 0.538 bits per heavy atom. The molecule has 0 fully saturated rings. The number of nitrogens with zero attached hydrogens (tertiary/aromatic N) is 2. The van der Waals surface area contributed by atoms with Gasteiger partial charge in [-0.15, -0.1) is 0 Å². The normalized spacial score (nSPS) is 19.7. The summed E-state index contributed by atoms with van der Waals surface area (Å²) in [6.45, 7) is 19.1. The first-order valence-electron chi connectivity index (χ1n) is 14.3. The Kier molecular flexibility index (Phi) is 4.91. The Labute approximate surface area is 233 Å². The number of allylic oxidation sites excluding steroid dienone is 1. The predicted octanol–water partition coefficient (Wildman–Crippen LogP) is 9.62. The molecule has 2 heteroatoms. The lowest BCUT2D eigenvalue weighted by molar-refractivity contribution is 0.233. The smallest absolute Gasteiger partial charge is 0.108 e. The maximum Gasteiger partial charge on any atom is 0.108 e. The van der Waals surface area contributed by atoms with E-state index >= 15 is 0 Å². The summed E-state index contributed by atoms with van der Waals surface area (Å²) in [5.41, 5.74) is 17.4. The molecule has 39 heavy (non-hydrogen) atoms. The fourth-order valence-electron chi connectivity index (χ4n) is 7.49. The second-order valence-electron chi connectivity index (χ2n) is 12.8. The summed E-state index contributed by atoms with van der Waals surface area (Å²) >= 11 is 0. The lowest BCUT2D eigenvalue weighted by atomic mass is 9.58. The van der Waals surface area contributed by atoms with Gasteiger partial charge in [0.05, 0.1) is 17.1 Å². The van der Waals surface area contributed by atoms with E-state index < -0.39 is 0 Å². The van der Waals surface area contributed by atoms with Crippen LogP contribution < -0.4 is 9.80 Å². The van der Waals surface area contributed by atoms with E-state index in [1.807, 2.05) is 0 Å². The van der Waals surface area contributed by atoms with Crippen molar-refractivity contribution in [2.24, 2.45) is 5.41 Å². The third-order valence-electron chi connectivity index (χ3n) is 10.4. The molecule has 3 aliphatic heterocycles. The highest BCUT2D eigenvalue weighted by molar-refractivity contribution is 6.05. The molecular weight excluding hydrogens is 472 g/mol. The monoisotopic (exact) mass is 510 g/mol. The Morgan fingerprint density at radius 3 is 1.77 bits per heavy atom. The molecule has 0 N–H and O–H groups in total. The lowest BCUT2D eigenvalue weighted by Crippen LogP contribution is -2.51. The zero-order valence-electron chi connectivity index (χ0n) is 24.5. The minimum Gasteiger partial charge on any atom is -0.321 e. The largest absolute Gasteiger partial charge is 0.321 e. The van der Waals surface area contributed by atoms with Gasteiger partial charge in [-0.3, -0.25) is 0 Å². The van der Waals surface area contributed by atoms with Gasteiger partial charge in [0.15, 0.2) is 0 Å². The Bertz CT molecular complexity index is 1720. The van der Waals surface area contributed by atoms with Crippen LogP contribution in [-0.2, 0) is 5.41 Å². The average Bonchev–Trinajstić information content (AvgIpc) is 3.21. The molecule has 196 valence electrons. The molecule has 3 heterocycles. The first-order valence-corrected chi connectivity index (χ1v) is 14.3. The van der Waals surface area contributed by atoms with Crippen molar-refractivity contribution in [1.29, 1.82) is 0 Å². The van der Waals surface area contributed by atoms with E-state index in [0.717, 1.165) is 0 Å². The first kappa shape index (κ1) is 24.3. The fourth-order valence-corrected chi connectivity index (χ4v) is 7.49. The van der Waals surface area contributed by atoms with Gasteiger partial charge < -0.3 is 9.80 Å². The van der Waals surface area contributed by atoms with Gasteiger partial charge in [0.25, 0.3) is 0 Å². The van der Waals surface area contributed by atoms with Gasteiger partial charge in [0.2, 0.25) is 0 Å². The van der Waals surface area contributed by atoms with Crippen molar-refractivity contribution in [2.75, 3.05) is 9.80 Å². The second-order valence-corrected chi connectivity index (χ2v) is 12.8. The van der Waals surface area contributed by atoms with Crippen molar-refractivity contribution in [3.63, 3.8) is 0 Å². The highest BCUT2D eigenvalue weighted by Crippen LogP contribution is 2.63. The molecule has 0 saturated carbocycles. The fraction of sp³-hybridized carbons (Fsp3) is 0.297. The van der Waals surface area contributed by atoms with Crippen LogP contribution in [0.3, 0.4) is 0 Å². The van der Waals surface area contributed by atoms with Crippen LogP contribution in [0.1, 0.15) is 62.4 Å². The summed E-state index contributed by atoms with van der Waals surface area (Å²) in [6, 6.07) is 29.6. The lowest BCUT2D eigenvalue weighted by Gasteiger charge is -2.53. The molecule has 1 atom stereocenters. The zero-order valence-corrected chi connectivity index (χ0v) is 24.5. The van der Waals surface area contributed by atoms with E-state index in [-0.39, 0.29) is 17.0 Å². The summed E-state index contributed by atoms with van der Waals surface area (Å²) in [5.74, 6) is 0. The molecule has 0 unspecified atom stereocenters. The minimum atomic E-state index is -0.116. The van der Waals surface area contributed by atoms with Gasteiger partial charge in [-0.05, 0) is 66.6 Å². The van der Waals surface area contributed by atoms with E-state index in [4.69, 9.17) is 0 Å². The number of fused-ring (bicyclic) bond motifs is 11. The highest BCUT2D eigenvalue weighted by atomic mass is 15.4. The van der Waals surface area contributed by atoms with E-state index in [2.05, 4.69) is 144 Å². The second kappa shape index (κ2) is 7.88. The van der Waals surface area contributed by atoms with E-state index in [9.17, 15) is 0 Å². The molecule has 4 aromatic rings. The topological polar surface area (TPSA) is 6.48 Å². The van der Waals surface area contributed by atoms with Gasteiger partial charge in [0, 0.05) is 27.6 Å². The van der Waals surface area contributed by atoms with Crippen molar-refractivity contribution in [3.05, 3.63) is 112 Å². The molecule has 4 aromatic carbocycles. The number of hydrogen-bond acceptors (Lipinski definition) is 2. The SMILES string of the molecule is Cc1ccc2c(c1C)N1C(=C3c4ccccc4-c4ccccc4-c4cccc(C)c4N3[C@H]1C)C(C)(C)C2(C)C. The van der Waals surface area contributed by atoms with Gasteiger partial charge in [0.1, 0.15) is 6.17 Å². The third kappa shape index (κ3) is 2.92. The molecule has 0 bridgehead atoms. The Balaban J connectivity index is 1.70. The van der Waals surface area contributed by atoms with Gasteiger partial charge in [-0.1, -0.05) is 107 Å². The van der Waals surface area contributed by atoms with Crippen LogP contribution in [0, 0.1) is 26.2 Å². The van der Waals surface area contributed by atoms with Crippen LogP contribution >= 0.6 is 0 Å². The summed E-state index contributed by atoms with van der Waals surface area (Å²) < 4.78 is 0. The van der Waals surface area contributed by atoms with Crippen molar-refractivity contribution < 1.29 is 0 Å². The van der Waals surface area contributed by atoms with E-state index in [1.165, 1.54) is 72.8 Å². The highest BCUT2D eigenvalue weighted by Gasteiger charge is 2.56. The van der Waals surface area contributed by atoms with Crippen LogP contribution in [-0.4, -0.2) is 6.17 Å². The number of benzene rings is 4. The molecule has 0 saturated heterocycles. The molecule has 0 spiro atoms. The summed E-state index contributed by atoms with van der Waals surface area (Å²) in [7, 11) is 0. The maximum atomic E-state index is 2.70. The quantitative estimate of drug-likeness (QED) is 0.232. The molecule has 2 nitrogen and oxygen atoms in total.